The van der Waals surface area contributed by atoms with Crippen LogP contribution < -0.4 is 5.32 Å². The summed E-state index contributed by atoms with van der Waals surface area (Å²) in [6.45, 7) is 5.52. The number of hydrogen-bond donors (Lipinski definition) is 1. The first-order chi connectivity index (χ1) is 8.35. The van der Waals surface area contributed by atoms with Crippen LogP contribution >= 0.6 is 27.3 Å². The molecule has 1 amide bonds. The molecule has 5 heteroatoms. The van der Waals surface area contributed by atoms with E-state index >= 15 is 0 Å². The second-order valence-corrected chi connectivity index (χ2v) is 6.80. The average Bonchev–Trinajstić information content (AvgIpc) is 2.58. The number of carbonyl (C=O) groups is 1. The minimum absolute atomic E-state index is 0.426. The number of nitrogens with one attached hydrogen (secondary N) is 1. The van der Waals surface area contributed by atoms with Crippen LogP contribution in [0.2, 0.25) is 0 Å². The molecular formula is C13H14BrNO2S. The summed E-state index contributed by atoms with van der Waals surface area (Å²) in [5.41, 5.74) is -0.485. The fourth-order valence-corrected chi connectivity index (χ4v) is 3.07. The molecule has 0 radical (unpaired) electrons. The molecule has 0 saturated carbocycles. The standard InChI is InChI=1S/C13H14BrNO2S/c1-13(2,3)17-12(16)15-10-7-8-5-4-6-9(14)11(8)18-10/h4-7H,1-3H3,(H,15,16). The van der Waals surface area contributed by atoms with Gasteiger partial charge in [0.25, 0.3) is 0 Å². The average molecular weight is 328 g/mol. The Bertz CT molecular complexity index is 586. The fraction of sp³-hybridized carbons (Fsp3) is 0.308. The van der Waals surface area contributed by atoms with E-state index in [4.69, 9.17) is 4.74 Å². The zero-order valence-electron chi connectivity index (χ0n) is 10.4. The molecule has 0 fully saturated rings. The third-order valence-electron chi connectivity index (χ3n) is 2.12. The Labute approximate surface area is 118 Å². The first kappa shape index (κ1) is 13.4. The summed E-state index contributed by atoms with van der Waals surface area (Å²) in [7, 11) is 0. The molecule has 3 nitrogen and oxygen atoms in total. The van der Waals surface area contributed by atoms with Gasteiger partial charge in [-0.3, -0.25) is 5.32 Å². The van der Waals surface area contributed by atoms with E-state index in [1.807, 2.05) is 45.0 Å². The maximum absolute atomic E-state index is 11.7. The van der Waals surface area contributed by atoms with E-state index in [0.29, 0.717) is 0 Å². The highest BCUT2D eigenvalue weighted by molar-refractivity contribution is 9.10. The number of carbonyl (C=O) groups excluding carboxylic acids is 1. The molecule has 0 aliphatic heterocycles. The van der Waals surface area contributed by atoms with Crippen molar-refractivity contribution in [1.82, 2.24) is 0 Å². The number of thiophene rings is 1. The van der Waals surface area contributed by atoms with Crippen LogP contribution in [0, 0.1) is 0 Å². The summed E-state index contributed by atoms with van der Waals surface area (Å²) >= 11 is 5.01. The van der Waals surface area contributed by atoms with Gasteiger partial charge in [0.2, 0.25) is 0 Å². The number of fused-ring (bicyclic) bond motifs is 1. The zero-order chi connectivity index (χ0) is 13.3. The van der Waals surface area contributed by atoms with Crippen molar-refractivity contribution in [3.05, 3.63) is 28.7 Å². The highest BCUT2D eigenvalue weighted by atomic mass is 79.9. The van der Waals surface area contributed by atoms with Gasteiger partial charge < -0.3 is 4.74 Å². The van der Waals surface area contributed by atoms with Gasteiger partial charge >= 0.3 is 6.09 Å². The van der Waals surface area contributed by atoms with E-state index in [-0.39, 0.29) is 0 Å². The van der Waals surface area contributed by atoms with Crippen LogP contribution in [0.5, 0.6) is 0 Å². The maximum atomic E-state index is 11.7. The number of benzene rings is 1. The number of amides is 1. The summed E-state index contributed by atoms with van der Waals surface area (Å²) in [5, 5.41) is 4.63. The topological polar surface area (TPSA) is 38.3 Å². The molecule has 18 heavy (non-hydrogen) atoms. The van der Waals surface area contributed by atoms with Gasteiger partial charge in [-0.2, -0.15) is 0 Å². The third-order valence-corrected chi connectivity index (χ3v) is 4.14. The summed E-state index contributed by atoms with van der Waals surface area (Å²) in [4.78, 5) is 11.7. The minimum atomic E-state index is -0.485. The number of halogens is 1. The van der Waals surface area contributed by atoms with Gasteiger partial charge in [-0.25, -0.2) is 4.79 Å². The van der Waals surface area contributed by atoms with E-state index in [9.17, 15) is 4.79 Å². The van der Waals surface area contributed by atoms with Crippen molar-refractivity contribution in [3.8, 4) is 0 Å². The Morgan fingerprint density at radius 3 is 2.72 bits per heavy atom. The largest absolute Gasteiger partial charge is 0.444 e. The molecule has 0 bridgehead atoms. The van der Waals surface area contributed by atoms with Gasteiger partial charge in [0.1, 0.15) is 5.60 Å². The molecule has 0 spiro atoms. The number of anilines is 1. The van der Waals surface area contributed by atoms with E-state index in [1.165, 1.54) is 11.3 Å². The maximum Gasteiger partial charge on any atom is 0.412 e. The number of ether oxygens (including phenoxy) is 1. The molecule has 0 atom stereocenters. The van der Waals surface area contributed by atoms with E-state index in [2.05, 4.69) is 21.2 Å². The summed E-state index contributed by atoms with van der Waals surface area (Å²) in [6, 6.07) is 7.90. The highest BCUT2D eigenvalue weighted by Crippen LogP contribution is 2.35. The highest BCUT2D eigenvalue weighted by Gasteiger charge is 2.17. The number of rotatable bonds is 1. The fourth-order valence-electron chi connectivity index (χ4n) is 1.49. The van der Waals surface area contributed by atoms with Crippen LogP contribution in [-0.4, -0.2) is 11.7 Å². The lowest BCUT2D eigenvalue weighted by Gasteiger charge is -2.19. The van der Waals surface area contributed by atoms with Crippen LogP contribution in [-0.2, 0) is 4.74 Å². The van der Waals surface area contributed by atoms with Crippen molar-refractivity contribution in [3.63, 3.8) is 0 Å². The second-order valence-electron chi connectivity index (χ2n) is 4.90. The Balaban J connectivity index is 2.18. The summed E-state index contributed by atoms with van der Waals surface area (Å²) in [5.74, 6) is 0. The molecule has 2 rings (SSSR count). The monoisotopic (exact) mass is 327 g/mol. The lowest BCUT2D eigenvalue weighted by molar-refractivity contribution is 0.0636. The Morgan fingerprint density at radius 1 is 1.39 bits per heavy atom. The van der Waals surface area contributed by atoms with E-state index in [1.54, 1.807) is 0 Å². The molecule has 0 saturated heterocycles. The SMILES string of the molecule is CC(C)(C)OC(=O)Nc1cc2cccc(Br)c2s1. The molecule has 2 aromatic rings. The lowest BCUT2D eigenvalue weighted by Crippen LogP contribution is -2.26. The lowest BCUT2D eigenvalue weighted by atomic mass is 10.2. The van der Waals surface area contributed by atoms with Gasteiger partial charge in [-0.1, -0.05) is 12.1 Å². The zero-order valence-corrected chi connectivity index (χ0v) is 12.8. The summed E-state index contributed by atoms with van der Waals surface area (Å²) in [6.07, 6.45) is -0.426. The van der Waals surface area contributed by atoms with Crippen LogP contribution in [0.1, 0.15) is 20.8 Å². The third kappa shape index (κ3) is 3.23. The van der Waals surface area contributed by atoms with E-state index < -0.39 is 11.7 Å². The van der Waals surface area contributed by atoms with Crippen LogP contribution in [0.4, 0.5) is 9.80 Å². The molecule has 0 aliphatic rings. The predicted octanol–water partition coefficient (Wildman–Crippen LogP) is 5.01. The quantitative estimate of drug-likeness (QED) is 0.799. The minimum Gasteiger partial charge on any atom is -0.444 e. The molecule has 1 aromatic heterocycles. The van der Waals surface area contributed by atoms with Crippen molar-refractivity contribution in [2.45, 2.75) is 26.4 Å². The van der Waals surface area contributed by atoms with Crippen molar-refractivity contribution in [2.75, 3.05) is 5.32 Å². The van der Waals surface area contributed by atoms with E-state index in [0.717, 1.165) is 19.6 Å². The predicted molar refractivity (Wildman–Crippen MR) is 79.4 cm³/mol. The first-order valence-corrected chi connectivity index (χ1v) is 7.14. The van der Waals surface area contributed by atoms with Crippen LogP contribution in [0.25, 0.3) is 10.1 Å². The van der Waals surface area contributed by atoms with Crippen molar-refractivity contribution >= 4 is 48.4 Å². The van der Waals surface area contributed by atoms with Gasteiger partial charge in [-0.05, 0) is 54.2 Å². The van der Waals surface area contributed by atoms with Gasteiger partial charge in [0.05, 0.1) is 9.70 Å². The Hall–Kier alpha value is -1.07. The van der Waals surface area contributed by atoms with Crippen LogP contribution in [0.15, 0.2) is 28.7 Å². The molecule has 1 aromatic carbocycles. The molecule has 0 aliphatic carbocycles. The van der Waals surface area contributed by atoms with Gasteiger partial charge in [0, 0.05) is 4.47 Å². The molecule has 1 heterocycles. The van der Waals surface area contributed by atoms with Gasteiger partial charge in [-0.15, -0.1) is 11.3 Å². The summed E-state index contributed by atoms with van der Waals surface area (Å²) < 4.78 is 7.36. The Morgan fingerprint density at radius 2 is 2.11 bits per heavy atom. The normalized spacial score (nSPS) is 11.6. The molecule has 96 valence electrons. The van der Waals surface area contributed by atoms with Crippen molar-refractivity contribution in [1.29, 1.82) is 0 Å². The molecule has 0 unspecified atom stereocenters. The smallest absolute Gasteiger partial charge is 0.412 e. The molecular weight excluding hydrogens is 314 g/mol. The van der Waals surface area contributed by atoms with Crippen molar-refractivity contribution in [2.24, 2.45) is 0 Å². The van der Waals surface area contributed by atoms with Crippen molar-refractivity contribution < 1.29 is 9.53 Å². The Kier molecular flexibility index (Phi) is 3.64. The second kappa shape index (κ2) is 4.90. The molecule has 1 N–H and O–H groups in total. The van der Waals surface area contributed by atoms with Gasteiger partial charge in [0.15, 0.2) is 0 Å². The number of hydrogen-bond acceptors (Lipinski definition) is 3. The van der Waals surface area contributed by atoms with Crippen LogP contribution in [0.3, 0.4) is 0 Å². The first-order valence-electron chi connectivity index (χ1n) is 5.53.